The zero-order valence-corrected chi connectivity index (χ0v) is 21.7. The second kappa shape index (κ2) is 9.80. The molecule has 1 atom stereocenters. The summed E-state index contributed by atoms with van der Waals surface area (Å²) in [6.45, 7) is 5.58. The Morgan fingerprint density at radius 3 is 2.35 bits per heavy atom. The van der Waals surface area contributed by atoms with Crippen LogP contribution in [0.25, 0.3) is 0 Å². The summed E-state index contributed by atoms with van der Waals surface area (Å²) < 4.78 is 21.3. The number of nitrogens with one attached hydrogen (secondary N) is 1. The van der Waals surface area contributed by atoms with Crippen molar-refractivity contribution in [3.63, 3.8) is 0 Å². The lowest BCUT2D eigenvalue weighted by atomic mass is 9.84. The van der Waals surface area contributed by atoms with Gasteiger partial charge in [0.15, 0.2) is 0 Å². The fourth-order valence-corrected chi connectivity index (χ4v) is 5.23. The quantitative estimate of drug-likeness (QED) is 0.387. The van der Waals surface area contributed by atoms with Crippen molar-refractivity contribution in [1.29, 1.82) is 0 Å². The van der Waals surface area contributed by atoms with Gasteiger partial charge in [0.2, 0.25) is 5.91 Å². The number of esters is 1. The average molecular weight is 530 g/mol. The first-order valence-corrected chi connectivity index (χ1v) is 12.9. The lowest BCUT2D eigenvalue weighted by molar-refractivity contribution is -0.161. The topological polar surface area (TPSA) is 55.4 Å². The van der Waals surface area contributed by atoms with Crippen molar-refractivity contribution in [2.24, 2.45) is 11.3 Å². The number of amides is 1. The Labute approximate surface area is 209 Å². The molecule has 0 saturated heterocycles. The summed E-state index contributed by atoms with van der Waals surface area (Å²) in [5, 5.41) is 2.87. The summed E-state index contributed by atoms with van der Waals surface area (Å²) >= 11 is 3.46. The van der Waals surface area contributed by atoms with Gasteiger partial charge >= 0.3 is 5.97 Å². The molecule has 1 N–H and O–H groups in total. The molecule has 2 aromatic carbocycles. The number of hydrogen-bond acceptors (Lipinski definition) is 3. The third kappa shape index (κ3) is 5.88. The van der Waals surface area contributed by atoms with Gasteiger partial charge in [0.05, 0.1) is 17.0 Å². The highest BCUT2D eigenvalue weighted by Crippen LogP contribution is 2.50. The SMILES string of the molecule is CC(C)(C)OC(=O)C1(Cc2ccc(F)c(NC(=O)C(c3ccc(Br)cc3)C3CCCC3)c2)CC1. The Bertz CT molecular complexity index is 1050. The third-order valence-corrected chi connectivity index (χ3v) is 7.43. The van der Waals surface area contributed by atoms with Crippen molar-refractivity contribution in [1.82, 2.24) is 0 Å². The van der Waals surface area contributed by atoms with E-state index in [0.717, 1.165) is 54.1 Å². The number of ether oxygens (including phenoxy) is 1. The van der Waals surface area contributed by atoms with Gasteiger partial charge in [-0.1, -0.05) is 47.0 Å². The smallest absolute Gasteiger partial charge is 0.312 e. The van der Waals surface area contributed by atoms with E-state index in [1.165, 1.54) is 6.07 Å². The van der Waals surface area contributed by atoms with E-state index in [2.05, 4.69) is 21.2 Å². The van der Waals surface area contributed by atoms with Gasteiger partial charge in [-0.3, -0.25) is 9.59 Å². The standard InChI is InChI=1S/C28H33BrFNO3/c1-27(2,3)34-26(33)28(14-15-28)17-18-8-13-22(30)23(16-18)31-25(32)24(19-6-4-5-7-19)20-9-11-21(29)12-10-20/h8-13,16,19,24H,4-7,14-15,17H2,1-3H3,(H,31,32). The number of carbonyl (C=O) groups excluding carboxylic acids is 2. The maximum atomic E-state index is 14.7. The van der Waals surface area contributed by atoms with Crippen molar-refractivity contribution in [3.8, 4) is 0 Å². The van der Waals surface area contributed by atoms with Gasteiger partial charge < -0.3 is 10.1 Å². The van der Waals surface area contributed by atoms with Crippen LogP contribution in [-0.4, -0.2) is 17.5 Å². The van der Waals surface area contributed by atoms with E-state index in [4.69, 9.17) is 4.74 Å². The number of rotatable bonds is 7. The molecule has 4 nitrogen and oxygen atoms in total. The van der Waals surface area contributed by atoms with Gasteiger partial charge in [0.1, 0.15) is 11.4 Å². The van der Waals surface area contributed by atoms with Crippen molar-refractivity contribution < 1.29 is 18.7 Å². The van der Waals surface area contributed by atoms with Gasteiger partial charge in [0, 0.05) is 4.47 Å². The summed E-state index contributed by atoms with van der Waals surface area (Å²) in [6, 6.07) is 12.6. The van der Waals surface area contributed by atoms with Gasteiger partial charge in [0.25, 0.3) is 0 Å². The third-order valence-electron chi connectivity index (χ3n) is 6.90. The van der Waals surface area contributed by atoms with Crippen LogP contribution in [0.1, 0.15) is 76.3 Å². The molecular weight excluding hydrogens is 497 g/mol. The first-order chi connectivity index (χ1) is 16.1. The molecule has 2 fully saturated rings. The summed E-state index contributed by atoms with van der Waals surface area (Å²) in [5.74, 6) is -0.935. The first kappa shape index (κ1) is 24.9. The van der Waals surface area contributed by atoms with E-state index < -0.39 is 16.8 Å². The molecule has 1 amide bonds. The van der Waals surface area contributed by atoms with Gasteiger partial charge in [-0.15, -0.1) is 0 Å². The number of anilines is 1. The van der Waals surface area contributed by atoms with Gasteiger partial charge in [-0.05, 0) is 94.2 Å². The molecule has 182 valence electrons. The molecule has 1 unspecified atom stereocenters. The van der Waals surface area contributed by atoms with Crippen molar-refractivity contribution in [2.75, 3.05) is 5.32 Å². The highest BCUT2D eigenvalue weighted by molar-refractivity contribution is 9.10. The van der Waals surface area contributed by atoms with E-state index >= 15 is 0 Å². The molecular formula is C28H33BrFNO3. The minimum atomic E-state index is -0.545. The normalized spacial score (nSPS) is 18.4. The fourth-order valence-electron chi connectivity index (χ4n) is 4.97. The summed E-state index contributed by atoms with van der Waals surface area (Å²) in [6.07, 6.45) is 6.21. The van der Waals surface area contributed by atoms with Gasteiger partial charge in [-0.25, -0.2) is 4.39 Å². The minimum absolute atomic E-state index is 0.169. The minimum Gasteiger partial charge on any atom is -0.460 e. The number of carbonyl (C=O) groups is 2. The van der Waals surface area contributed by atoms with Crippen LogP contribution in [-0.2, 0) is 20.7 Å². The maximum absolute atomic E-state index is 14.7. The van der Waals surface area contributed by atoms with Crippen LogP contribution >= 0.6 is 15.9 Å². The monoisotopic (exact) mass is 529 g/mol. The van der Waals surface area contributed by atoms with E-state index in [9.17, 15) is 14.0 Å². The molecule has 34 heavy (non-hydrogen) atoms. The van der Waals surface area contributed by atoms with Crippen molar-refractivity contribution in [3.05, 3.63) is 63.9 Å². The van der Waals surface area contributed by atoms with Crippen LogP contribution in [0.4, 0.5) is 10.1 Å². The molecule has 0 aromatic heterocycles. The Hall–Kier alpha value is -2.21. The lowest BCUT2D eigenvalue weighted by Gasteiger charge is -2.24. The molecule has 0 radical (unpaired) electrons. The lowest BCUT2D eigenvalue weighted by Crippen LogP contribution is -2.31. The van der Waals surface area contributed by atoms with Crippen LogP contribution < -0.4 is 5.32 Å². The molecule has 0 spiro atoms. The largest absolute Gasteiger partial charge is 0.460 e. The van der Waals surface area contributed by atoms with E-state index in [1.54, 1.807) is 12.1 Å². The van der Waals surface area contributed by atoms with E-state index in [1.807, 2.05) is 45.0 Å². The van der Waals surface area contributed by atoms with Crippen LogP contribution in [0.5, 0.6) is 0 Å². The molecule has 6 heteroatoms. The van der Waals surface area contributed by atoms with Crippen LogP contribution in [0.3, 0.4) is 0 Å². The van der Waals surface area contributed by atoms with Crippen molar-refractivity contribution >= 4 is 33.5 Å². The molecule has 2 aliphatic carbocycles. The Kier molecular flexibility index (Phi) is 7.18. The Balaban J connectivity index is 1.52. The Morgan fingerprint density at radius 2 is 1.76 bits per heavy atom. The molecule has 0 aliphatic heterocycles. The maximum Gasteiger partial charge on any atom is 0.312 e. The second-order valence-corrected chi connectivity index (χ2v) is 11.8. The number of hydrogen-bond donors (Lipinski definition) is 1. The van der Waals surface area contributed by atoms with E-state index in [-0.39, 0.29) is 29.4 Å². The first-order valence-electron chi connectivity index (χ1n) is 12.1. The van der Waals surface area contributed by atoms with Gasteiger partial charge in [-0.2, -0.15) is 0 Å². The summed E-state index contributed by atoms with van der Waals surface area (Å²) in [5.41, 5.74) is 0.849. The predicted molar refractivity (Wildman–Crippen MR) is 135 cm³/mol. The molecule has 2 saturated carbocycles. The summed E-state index contributed by atoms with van der Waals surface area (Å²) in [4.78, 5) is 26.2. The van der Waals surface area contributed by atoms with E-state index in [0.29, 0.717) is 6.42 Å². The van der Waals surface area contributed by atoms with Crippen LogP contribution in [0.2, 0.25) is 0 Å². The Morgan fingerprint density at radius 1 is 1.12 bits per heavy atom. The number of halogens is 2. The van der Waals surface area contributed by atoms with Crippen molar-refractivity contribution in [2.45, 2.75) is 77.2 Å². The van der Waals surface area contributed by atoms with Crippen LogP contribution in [0, 0.1) is 17.2 Å². The predicted octanol–water partition coefficient (Wildman–Crippen LogP) is 7.17. The molecule has 2 aromatic rings. The zero-order chi connectivity index (χ0) is 24.5. The number of benzene rings is 2. The second-order valence-electron chi connectivity index (χ2n) is 10.8. The molecule has 0 bridgehead atoms. The zero-order valence-electron chi connectivity index (χ0n) is 20.1. The molecule has 4 rings (SSSR count). The molecule has 0 heterocycles. The highest BCUT2D eigenvalue weighted by Gasteiger charge is 2.52. The highest BCUT2D eigenvalue weighted by atomic mass is 79.9. The molecule has 2 aliphatic rings. The summed E-state index contributed by atoms with van der Waals surface area (Å²) in [7, 11) is 0. The fraction of sp³-hybridized carbons (Fsp3) is 0.500. The average Bonchev–Trinajstić information content (AvgIpc) is 3.35. The van der Waals surface area contributed by atoms with Crippen LogP contribution in [0.15, 0.2) is 46.9 Å².